The van der Waals surface area contributed by atoms with Crippen molar-refractivity contribution in [3.8, 4) is 0 Å². The lowest BCUT2D eigenvalue weighted by Crippen LogP contribution is -2.38. The van der Waals surface area contributed by atoms with Gasteiger partial charge in [-0.05, 0) is 18.8 Å². The predicted molar refractivity (Wildman–Crippen MR) is 70.4 cm³/mol. The molecule has 1 unspecified atom stereocenters. The first-order valence-corrected chi connectivity index (χ1v) is 6.91. The van der Waals surface area contributed by atoms with E-state index in [1.807, 2.05) is 0 Å². The van der Waals surface area contributed by atoms with Crippen LogP contribution in [-0.4, -0.2) is 11.9 Å². The molecule has 2 nitrogen and oxygen atoms in total. The first kappa shape index (κ1) is 15.5. The van der Waals surface area contributed by atoms with Crippen molar-refractivity contribution in [3.63, 3.8) is 0 Å². The SMILES string of the molecule is CCCCCC(=O)NC(CCCC)C(C)C. The van der Waals surface area contributed by atoms with Crippen LogP contribution in [0.1, 0.15) is 72.6 Å². The van der Waals surface area contributed by atoms with Crippen molar-refractivity contribution in [1.82, 2.24) is 5.32 Å². The van der Waals surface area contributed by atoms with Gasteiger partial charge in [0.05, 0.1) is 0 Å². The maximum atomic E-state index is 11.7. The topological polar surface area (TPSA) is 29.1 Å². The maximum Gasteiger partial charge on any atom is 0.220 e. The molecule has 0 aromatic rings. The molecule has 0 aliphatic rings. The van der Waals surface area contributed by atoms with E-state index < -0.39 is 0 Å². The first-order chi connectivity index (χ1) is 7.61. The summed E-state index contributed by atoms with van der Waals surface area (Å²) in [7, 11) is 0. The molecule has 0 aromatic heterocycles. The normalized spacial score (nSPS) is 12.8. The molecule has 0 rings (SSSR count). The lowest BCUT2D eigenvalue weighted by Gasteiger charge is -2.22. The highest BCUT2D eigenvalue weighted by Gasteiger charge is 2.14. The van der Waals surface area contributed by atoms with E-state index >= 15 is 0 Å². The standard InChI is InChI=1S/C14H29NO/c1-5-7-9-11-14(16)15-13(12(3)4)10-8-6-2/h12-13H,5-11H2,1-4H3,(H,15,16). The minimum absolute atomic E-state index is 0.239. The molecule has 0 aliphatic carbocycles. The molecule has 0 aromatic carbocycles. The van der Waals surface area contributed by atoms with Gasteiger partial charge in [-0.3, -0.25) is 4.79 Å². The molecule has 1 amide bonds. The molecule has 0 radical (unpaired) electrons. The van der Waals surface area contributed by atoms with Gasteiger partial charge in [-0.2, -0.15) is 0 Å². The van der Waals surface area contributed by atoms with Gasteiger partial charge < -0.3 is 5.32 Å². The van der Waals surface area contributed by atoms with E-state index in [1.54, 1.807) is 0 Å². The molecule has 96 valence electrons. The molecule has 0 saturated heterocycles. The number of hydrogen-bond donors (Lipinski definition) is 1. The van der Waals surface area contributed by atoms with Crippen molar-refractivity contribution in [2.24, 2.45) is 5.92 Å². The Kier molecular flexibility index (Phi) is 9.36. The fraction of sp³-hybridized carbons (Fsp3) is 0.929. The van der Waals surface area contributed by atoms with Crippen LogP contribution in [0.25, 0.3) is 0 Å². The van der Waals surface area contributed by atoms with E-state index in [1.165, 1.54) is 19.3 Å². The van der Waals surface area contributed by atoms with E-state index in [0.29, 0.717) is 18.4 Å². The highest BCUT2D eigenvalue weighted by Crippen LogP contribution is 2.10. The fourth-order valence-electron chi connectivity index (χ4n) is 1.81. The Bertz CT molecular complexity index is 178. The third-order valence-electron chi connectivity index (χ3n) is 3.03. The number of rotatable bonds is 9. The van der Waals surface area contributed by atoms with E-state index in [-0.39, 0.29) is 5.91 Å². The third-order valence-corrected chi connectivity index (χ3v) is 3.03. The minimum Gasteiger partial charge on any atom is -0.353 e. The molecular formula is C14H29NO. The quantitative estimate of drug-likeness (QED) is 0.595. The number of carbonyl (C=O) groups is 1. The monoisotopic (exact) mass is 227 g/mol. The van der Waals surface area contributed by atoms with Gasteiger partial charge in [-0.15, -0.1) is 0 Å². The summed E-state index contributed by atoms with van der Waals surface area (Å²) in [6, 6.07) is 0.370. The zero-order valence-corrected chi connectivity index (χ0v) is 11.5. The van der Waals surface area contributed by atoms with Gasteiger partial charge in [0.1, 0.15) is 0 Å². The molecule has 0 heterocycles. The number of hydrogen-bond acceptors (Lipinski definition) is 1. The second-order valence-electron chi connectivity index (χ2n) is 5.02. The van der Waals surface area contributed by atoms with Crippen LogP contribution >= 0.6 is 0 Å². The van der Waals surface area contributed by atoms with Crippen molar-refractivity contribution >= 4 is 5.91 Å². The van der Waals surface area contributed by atoms with Crippen LogP contribution in [0.5, 0.6) is 0 Å². The van der Waals surface area contributed by atoms with Gasteiger partial charge in [0.25, 0.3) is 0 Å². The Morgan fingerprint density at radius 2 is 1.69 bits per heavy atom. The summed E-state index contributed by atoms with van der Waals surface area (Å²) in [6.07, 6.45) is 7.59. The Balaban J connectivity index is 3.83. The van der Waals surface area contributed by atoms with Crippen LogP contribution in [0.4, 0.5) is 0 Å². The van der Waals surface area contributed by atoms with Gasteiger partial charge in [-0.25, -0.2) is 0 Å². The van der Waals surface area contributed by atoms with Crippen LogP contribution in [0.3, 0.4) is 0 Å². The molecule has 1 atom stereocenters. The van der Waals surface area contributed by atoms with Crippen molar-refractivity contribution in [2.75, 3.05) is 0 Å². The largest absolute Gasteiger partial charge is 0.353 e. The Morgan fingerprint density at radius 3 is 2.19 bits per heavy atom. The number of amides is 1. The molecule has 0 aliphatic heterocycles. The Hall–Kier alpha value is -0.530. The van der Waals surface area contributed by atoms with Crippen LogP contribution in [-0.2, 0) is 4.79 Å². The lowest BCUT2D eigenvalue weighted by molar-refractivity contribution is -0.122. The molecule has 2 heteroatoms. The molecule has 0 spiro atoms. The summed E-state index contributed by atoms with van der Waals surface area (Å²) in [5.41, 5.74) is 0. The van der Waals surface area contributed by atoms with Crippen molar-refractivity contribution in [2.45, 2.75) is 78.7 Å². The van der Waals surface area contributed by atoms with Gasteiger partial charge in [0.15, 0.2) is 0 Å². The highest BCUT2D eigenvalue weighted by molar-refractivity contribution is 5.76. The lowest BCUT2D eigenvalue weighted by atomic mass is 9.98. The van der Waals surface area contributed by atoms with Crippen molar-refractivity contribution in [1.29, 1.82) is 0 Å². The minimum atomic E-state index is 0.239. The Morgan fingerprint density at radius 1 is 1.06 bits per heavy atom. The van der Waals surface area contributed by atoms with Crippen molar-refractivity contribution < 1.29 is 4.79 Å². The van der Waals surface area contributed by atoms with Crippen LogP contribution in [0.2, 0.25) is 0 Å². The van der Waals surface area contributed by atoms with Gasteiger partial charge in [-0.1, -0.05) is 53.4 Å². The molecule has 0 saturated carbocycles. The number of carbonyl (C=O) groups excluding carboxylic acids is 1. The summed E-state index contributed by atoms with van der Waals surface area (Å²) < 4.78 is 0. The molecule has 0 fully saturated rings. The molecule has 1 N–H and O–H groups in total. The van der Waals surface area contributed by atoms with Gasteiger partial charge in [0, 0.05) is 12.5 Å². The van der Waals surface area contributed by atoms with E-state index in [9.17, 15) is 4.79 Å². The average molecular weight is 227 g/mol. The maximum absolute atomic E-state index is 11.7. The van der Waals surface area contributed by atoms with Gasteiger partial charge >= 0.3 is 0 Å². The summed E-state index contributed by atoms with van der Waals surface area (Å²) >= 11 is 0. The summed E-state index contributed by atoms with van der Waals surface area (Å²) in [6.45, 7) is 8.73. The smallest absolute Gasteiger partial charge is 0.220 e. The van der Waals surface area contributed by atoms with Gasteiger partial charge in [0.2, 0.25) is 5.91 Å². The zero-order valence-electron chi connectivity index (χ0n) is 11.5. The number of unbranched alkanes of at least 4 members (excludes halogenated alkanes) is 3. The molecule has 0 bridgehead atoms. The van der Waals surface area contributed by atoms with E-state index in [4.69, 9.17) is 0 Å². The van der Waals surface area contributed by atoms with Crippen molar-refractivity contribution in [3.05, 3.63) is 0 Å². The van der Waals surface area contributed by atoms with Crippen LogP contribution in [0.15, 0.2) is 0 Å². The first-order valence-electron chi connectivity index (χ1n) is 6.91. The second kappa shape index (κ2) is 9.68. The highest BCUT2D eigenvalue weighted by atomic mass is 16.1. The van der Waals surface area contributed by atoms with E-state index in [0.717, 1.165) is 19.3 Å². The van der Waals surface area contributed by atoms with Crippen LogP contribution in [0, 0.1) is 5.92 Å². The predicted octanol–water partition coefficient (Wildman–Crippen LogP) is 3.90. The average Bonchev–Trinajstić information content (AvgIpc) is 2.24. The molecule has 16 heavy (non-hydrogen) atoms. The summed E-state index contributed by atoms with van der Waals surface area (Å²) in [4.78, 5) is 11.7. The van der Waals surface area contributed by atoms with E-state index in [2.05, 4.69) is 33.0 Å². The zero-order chi connectivity index (χ0) is 12.4. The Labute approximate surface area is 101 Å². The third kappa shape index (κ3) is 7.72. The van der Waals surface area contributed by atoms with Crippen LogP contribution < -0.4 is 5.32 Å². The number of nitrogens with one attached hydrogen (secondary N) is 1. The molecular weight excluding hydrogens is 198 g/mol. The second-order valence-corrected chi connectivity index (χ2v) is 5.02. The summed E-state index contributed by atoms with van der Waals surface area (Å²) in [5, 5.41) is 3.17. The summed E-state index contributed by atoms with van der Waals surface area (Å²) in [5.74, 6) is 0.782. The fourth-order valence-corrected chi connectivity index (χ4v) is 1.81.